The number of imidazole rings is 1. The third-order valence-corrected chi connectivity index (χ3v) is 2.59. The summed E-state index contributed by atoms with van der Waals surface area (Å²) in [5.74, 6) is 0.387. The van der Waals surface area contributed by atoms with Gasteiger partial charge in [0, 0.05) is 17.8 Å². The van der Waals surface area contributed by atoms with E-state index in [1.807, 2.05) is 18.2 Å². The van der Waals surface area contributed by atoms with Gasteiger partial charge in [0.1, 0.15) is 0 Å². The molecule has 18 heavy (non-hydrogen) atoms. The van der Waals surface area contributed by atoms with Gasteiger partial charge in [-0.3, -0.25) is 4.79 Å². The molecule has 94 valence electrons. The molecular weight excluding hydrogens is 228 g/mol. The fraction of sp³-hybridized carbons (Fsp3) is 0.231. The summed E-state index contributed by atoms with van der Waals surface area (Å²) >= 11 is 0. The van der Waals surface area contributed by atoms with E-state index in [9.17, 15) is 4.79 Å². The number of amides is 1. The van der Waals surface area contributed by atoms with E-state index in [-0.39, 0.29) is 5.91 Å². The van der Waals surface area contributed by atoms with Crippen molar-refractivity contribution in [3.63, 3.8) is 0 Å². The molecule has 4 N–H and O–H groups in total. The summed E-state index contributed by atoms with van der Waals surface area (Å²) in [5, 5.41) is 2.87. The minimum atomic E-state index is -0.0419. The van der Waals surface area contributed by atoms with Crippen molar-refractivity contribution in [3.8, 4) is 0 Å². The van der Waals surface area contributed by atoms with Gasteiger partial charge in [0.2, 0.25) is 0 Å². The van der Waals surface area contributed by atoms with Crippen LogP contribution >= 0.6 is 0 Å². The number of carbonyl (C=O) groups is 1. The minimum absolute atomic E-state index is 0.0419. The van der Waals surface area contributed by atoms with Crippen LogP contribution in [-0.2, 0) is 6.42 Å². The second kappa shape index (κ2) is 5.86. The van der Waals surface area contributed by atoms with Crippen LogP contribution in [0.5, 0.6) is 0 Å². The van der Waals surface area contributed by atoms with E-state index in [2.05, 4.69) is 15.3 Å². The highest BCUT2D eigenvalue weighted by molar-refractivity contribution is 5.94. The number of H-pyrrole nitrogens is 1. The Kier molecular flexibility index (Phi) is 3.96. The van der Waals surface area contributed by atoms with Crippen molar-refractivity contribution in [2.75, 3.05) is 12.3 Å². The highest BCUT2D eigenvalue weighted by Crippen LogP contribution is 2.01. The Bertz CT molecular complexity index is 507. The second-order valence-electron chi connectivity index (χ2n) is 4.02. The van der Waals surface area contributed by atoms with Gasteiger partial charge in [-0.2, -0.15) is 0 Å². The lowest BCUT2D eigenvalue weighted by atomic mass is 10.2. The summed E-state index contributed by atoms with van der Waals surface area (Å²) in [6.45, 7) is 0.632. The molecule has 0 aliphatic rings. The van der Waals surface area contributed by atoms with E-state index in [0.29, 0.717) is 18.1 Å². The molecular formula is C13H16N4O. The molecule has 2 rings (SSSR count). The Morgan fingerprint density at radius 3 is 2.78 bits per heavy atom. The molecule has 1 amide bonds. The smallest absolute Gasteiger partial charge is 0.251 e. The third-order valence-electron chi connectivity index (χ3n) is 2.59. The number of nitrogen functional groups attached to an aromatic ring is 1. The number of nitrogens with zero attached hydrogens (tertiary/aromatic N) is 1. The van der Waals surface area contributed by atoms with Gasteiger partial charge in [0.05, 0.1) is 6.20 Å². The highest BCUT2D eigenvalue weighted by Gasteiger charge is 2.03. The lowest BCUT2D eigenvalue weighted by molar-refractivity contribution is 0.0953. The zero-order valence-electron chi connectivity index (χ0n) is 10.0. The van der Waals surface area contributed by atoms with Crippen LogP contribution < -0.4 is 11.1 Å². The van der Waals surface area contributed by atoms with Crippen LogP contribution in [0.2, 0.25) is 0 Å². The molecule has 1 aromatic heterocycles. The third kappa shape index (κ3) is 3.35. The molecule has 1 aromatic carbocycles. The van der Waals surface area contributed by atoms with Crippen LogP contribution in [-0.4, -0.2) is 22.4 Å². The van der Waals surface area contributed by atoms with Crippen molar-refractivity contribution < 1.29 is 4.79 Å². The van der Waals surface area contributed by atoms with Gasteiger partial charge in [-0.15, -0.1) is 0 Å². The number of rotatable bonds is 5. The zero-order chi connectivity index (χ0) is 12.8. The Morgan fingerprint density at radius 1 is 1.33 bits per heavy atom. The van der Waals surface area contributed by atoms with E-state index in [1.165, 1.54) is 0 Å². The highest BCUT2D eigenvalue weighted by atomic mass is 16.1. The number of nitrogens with one attached hydrogen (secondary N) is 2. The normalized spacial score (nSPS) is 10.2. The number of aromatic nitrogens is 2. The van der Waals surface area contributed by atoms with E-state index < -0.39 is 0 Å². The lowest BCUT2D eigenvalue weighted by Gasteiger charge is -2.04. The molecule has 0 atom stereocenters. The molecule has 2 aromatic rings. The van der Waals surface area contributed by atoms with Gasteiger partial charge in [0.15, 0.2) is 5.95 Å². The summed E-state index contributed by atoms with van der Waals surface area (Å²) in [4.78, 5) is 18.6. The minimum Gasteiger partial charge on any atom is -0.369 e. The molecule has 0 fully saturated rings. The van der Waals surface area contributed by atoms with Crippen molar-refractivity contribution in [3.05, 3.63) is 47.8 Å². The predicted octanol–water partition coefficient (Wildman–Crippen LogP) is 1.35. The first-order chi connectivity index (χ1) is 8.75. The number of nitrogens with two attached hydrogens (primary N) is 1. The van der Waals surface area contributed by atoms with Gasteiger partial charge < -0.3 is 16.0 Å². The predicted molar refractivity (Wildman–Crippen MR) is 70.1 cm³/mol. The number of hydrogen-bond donors (Lipinski definition) is 3. The average Bonchev–Trinajstić information content (AvgIpc) is 2.81. The first-order valence-corrected chi connectivity index (χ1v) is 5.88. The van der Waals surface area contributed by atoms with Crippen LogP contribution in [0.25, 0.3) is 0 Å². The summed E-state index contributed by atoms with van der Waals surface area (Å²) in [5.41, 5.74) is 7.14. The first-order valence-electron chi connectivity index (χ1n) is 5.88. The fourth-order valence-electron chi connectivity index (χ4n) is 1.68. The lowest BCUT2D eigenvalue weighted by Crippen LogP contribution is -2.24. The molecule has 0 saturated heterocycles. The number of aromatic amines is 1. The SMILES string of the molecule is Nc1ncc(CCCNC(=O)c2ccccc2)[nH]1. The first kappa shape index (κ1) is 12.2. The van der Waals surface area contributed by atoms with Crippen molar-refractivity contribution in [1.82, 2.24) is 15.3 Å². The largest absolute Gasteiger partial charge is 0.369 e. The molecule has 5 heteroatoms. The van der Waals surface area contributed by atoms with Crippen molar-refractivity contribution in [2.24, 2.45) is 0 Å². The maximum Gasteiger partial charge on any atom is 0.251 e. The zero-order valence-corrected chi connectivity index (χ0v) is 10.0. The molecule has 0 bridgehead atoms. The standard InChI is InChI=1S/C13H16N4O/c14-13-16-9-11(17-13)7-4-8-15-12(18)10-5-2-1-3-6-10/h1-3,5-6,9H,4,7-8H2,(H,15,18)(H3,14,16,17). The van der Waals surface area contributed by atoms with Crippen LogP contribution in [0.4, 0.5) is 5.95 Å². The Labute approximate surface area is 105 Å². The van der Waals surface area contributed by atoms with Gasteiger partial charge in [0.25, 0.3) is 5.91 Å². The van der Waals surface area contributed by atoms with Crippen molar-refractivity contribution in [1.29, 1.82) is 0 Å². The molecule has 0 aliphatic heterocycles. The number of hydrogen-bond acceptors (Lipinski definition) is 3. The van der Waals surface area contributed by atoms with Gasteiger partial charge in [-0.1, -0.05) is 18.2 Å². The molecule has 1 heterocycles. The topological polar surface area (TPSA) is 83.8 Å². The van der Waals surface area contributed by atoms with E-state index in [1.54, 1.807) is 18.3 Å². The van der Waals surface area contributed by atoms with Gasteiger partial charge in [-0.25, -0.2) is 4.98 Å². The molecule has 0 radical (unpaired) electrons. The quantitative estimate of drug-likeness (QED) is 0.694. The van der Waals surface area contributed by atoms with Gasteiger partial charge in [-0.05, 0) is 25.0 Å². The van der Waals surface area contributed by atoms with Crippen LogP contribution in [0.15, 0.2) is 36.5 Å². The Morgan fingerprint density at radius 2 is 2.11 bits per heavy atom. The summed E-state index contributed by atoms with van der Waals surface area (Å²) in [7, 11) is 0. The average molecular weight is 244 g/mol. The van der Waals surface area contributed by atoms with E-state index in [4.69, 9.17) is 5.73 Å². The van der Waals surface area contributed by atoms with Crippen LogP contribution in [0, 0.1) is 0 Å². The van der Waals surface area contributed by atoms with Crippen LogP contribution in [0.3, 0.4) is 0 Å². The number of benzene rings is 1. The molecule has 0 aliphatic carbocycles. The monoisotopic (exact) mass is 244 g/mol. The summed E-state index contributed by atoms with van der Waals surface area (Å²) in [6.07, 6.45) is 3.38. The summed E-state index contributed by atoms with van der Waals surface area (Å²) in [6, 6.07) is 9.18. The molecule has 0 spiro atoms. The maximum atomic E-state index is 11.7. The second-order valence-corrected chi connectivity index (χ2v) is 4.02. The number of anilines is 1. The van der Waals surface area contributed by atoms with E-state index in [0.717, 1.165) is 18.5 Å². The fourth-order valence-corrected chi connectivity index (χ4v) is 1.68. The van der Waals surface area contributed by atoms with Gasteiger partial charge >= 0.3 is 0 Å². The van der Waals surface area contributed by atoms with Crippen molar-refractivity contribution >= 4 is 11.9 Å². The van der Waals surface area contributed by atoms with E-state index >= 15 is 0 Å². The van der Waals surface area contributed by atoms with Crippen molar-refractivity contribution in [2.45, 2.75) is 12.8 Å². The van der Waals surface area contributed by atoms with Crippen LogP contribution in [0.1, 0.15) is 22.5 Å². The molecule has 5 nitrogen and oxygen atoms in total. The number of carbonyl (C=O) groups excluding carboxylic acids is 1. The molecule has 0 saturated carbocycles. The molecule has 0 unspecified atom stereocenters. The Hall–Kier alpha value is -2.30. The Balaban J connectivity index is 1.71. The summed E-state index contributed by atoms with van der Waals surface area (Å²) < 4.78 is 0. The number of aryl methyl sites for hydroxylation is 1. The maximum absolute atomic E-state index is 11.7.